The molecule has 31 heavy (non-hydrogen) atoms. The highest BCUT2D eigenvalue weighted by atomic mass is 16.5. The van der Waals surface area contributed by atoms with Gasteiger partial charge in [0.2, 0.25) is 0 Å². The normalized spacial score (nSPS) is 10.8. The number of phenolic OH excluding ortho intramolecular Hbond substituents is 1. The highest BCUT2D eigenvalue weighted by Gasteiger charge is 2.07. The lowest BCUT2D eigenvalue weighted by Gasteiger charge is -2.13. The summed E-state index contributed by atoms with van der Waals surface area (Å²) in [6.45, 7) is 5.38. The zero-order valence-electron chi connectivity index (χ0n) is 17.7. The van der Waals surface area contributed by atoms with Crippen LogP contribution in [0.1, 0.15) is 35.3 Å². The van der Waals surface area contributed by atoms with Gasteiger partial charge in [0, 0.05) is 5.56 Å². The molecule has 0 unspecified atom stereocenters. The van der Waals surface area contributed by atoms with E-state index in [-0.39, 0.29) is 11.5 Å². The third-order valence-electron chi connectivity index (χ3n) is 4.45. The molecule has 5 heteroatoms. The number of ether oxygens (including phenoxy) is 3. The van der Waals surface area contributed by atoms with Crippen LogP contribution in [0.4, 0.5) is 0 Å². The Morgan fingerprint density at radius 1 is 0.871 bits per heavy atom. The summed E-state index contributed by atoms with van der Waals surface area (Å²) in [7, 11) is 0. The van der Waals surface area contributed by atoms with Gasteiger partial charge < -0.3 is 19.3 Å². The smallest absolute Gasteiger partial charge is 0.185 e. The van der Waals surface area contributed by atoms with Crippen LogP contribution in [0.3, 0.4) is 0 Å². The second-order valence-corrected chi connectivity index (χ2v) is 6.75. The van der Waals surface area contributed by atoms with E-state index in [2.05, 4.69) is 0 Å². The number of ketones is 1. The number of hydrogen-bond donors (Lipinski definition) is 1. The van der Waals surface area contributed by atoms with E-state index in [1.165, 1.54) is 18.2 Å². The maximum atomic E-state index is 12.3. The molecule has 3 rings (SSSR count). The van der Waals surface area contributed by atoms with E-state index >= 15 is 0 Å². The molecule has 0 radical (unpaired) electrons. The first-order chi connectivity index (χ1) is 15.1. The molecule has 0 atom stereocenters. The molecule has 0 aliphatic carbocycles. The molecule has 160 valence electrons. The standard InChI is InChI=1S/C26H26O5/c1-3-29-25-15-9-20(17-26(25)30-4-2)18-31-23-7-5-6-19(16-23)8-14-24(28)21-10-12-22(27)13-11-21/h5-17,27H,3-4,18H2,1-2H3/b14-8+. The maximum absolute atomic E-state index is 12.3. The van der Waals surface area contributed by atoms with Gasteiger partial charge in [-0.2, -0.15) is 0 Å². The summed E-state index contributed by atoms with van der Waals surface area (Å²) in [5, 5.41) is 9.33. The van der Waals surface area contributed by atoms with Crippen molar-refractivity contribution < 1.29 is 24.1 Å². The highest BCUT2D eigenvalue weighted by Crippen LogP contribution is 2.29. The SMILES string of the molecule is CCOc1ccc(COc2cccc(/C=C/C(=O)c3ccc(O)cc3)c2)cc1OCC. The Morgan fingerprint density at radius 2 is 1.61 bits per heavy atom. The third-order valence-corrected chi connectivity index (χ3v) is 4.45. The van der Waals surface area contributed by atoms with Gasteiger partial charge in [0.05, 0.1) is 13.2 Å². The maximum Gasteiger partial charge on any atom is 0.185 e. The number of aromatic hydroxyl groups is 1. The molecule has 0 saturated heterocycles. The molecule has 0 aromatic heterocycles. The van der Waals surface area contributed by atoms with E-state index in [0.29, 0.717) is 36.9 Å². The van der Waals surface area contributed by atoms with Crippen LogP contribution in [0.2, 0.25) is 0 Å². The van der Waals surface area contributed by atoms with Crippen molar-refractivity contribution in [3.63, 3.8) is 0 Å². The molecule has 3 aromatic rings. The highest BCUT2D eigenvalue weighted by molar-refractivity contribution is 6.06. The molecule has 0 saturated carbocycles. The van der Waals surface area contributed by atoms with Gasteiger partial charge in [-0.1, -0.05) is 24.3 Å². The second-order valence-electron chi connectivity index (χ2n) is 6.75. The van der Waals surface area contributed by atoms with Crippen LogP contribution in [0, 0.1) is 0 Å². The Bertz CT molecular complexity index is 1040. The Kier molecular flexibility index (Phi) is 7.71. The van der Waals surface area contributed by atoms with Crippen molar-refractivity contribution in [2.45, 2.75) is 20.5 Å². The van der Waals surface area contributed by atoms with Crippen molar-refractivity contribution in [1.29, 1.82) is 0 Å². The predicted octanol–water partition coefficient (Wildman–Crippen LogP) is 5.66. The topological polar surface area (TPSA) is 65.0 Å². The predicted molar refractivity (Wildman–Crippen MR) is 121 cm³/mol. The number of phenols is 1. The zero-order chi connectivity index (χ0) is 22.1. The number of hydrogen-bond acceptors (Lipinski definition) is 5. The molecule has 1 N–H and O–H groups in total. The number of rotatable bonds is 10. The number of allylic oxidation sites excluding steroid dienone is 1. The summed E-state index contributed by atoms with van der Waals surface area (Å²) in [6.07, 6.45) is 3.25. The molecule has 5 nitrogen and oxygen atoms in total. The monoisotopic (exact) mass is 418 g/mol. The third kappa shape index (κ3) is 6.37. The van der Waals surface area contributed by atoms with Gasteiger partial charge in [0.15, 0.2) is 17.3 Å². The van der Waals surface area contributed by atoms with Gasteiger partial charge in [-0.25, -0.2) is 0 Å². The molecule has 0 fully saturated rings. The van der Waals surface area contributed by atoms with Crippen molar-refractivity contribution in [1.82, 2.24) is 0 Å². The number of benzene rings is 3. The average Bonchev–Trinajstić information content (AvgIpc) is 2.78. The van der Waals surface area contributed by atoms with Gasteiger partial charge in [-0.05, 0) is 79.6 Å². The van der Waals surface area contributed by atoms with E-state index in [1.807, 2.05) is 56.3 Å². The quantitative estimate of drug-likeness (QED) is 0.340. The molecule has 0 amide bonds. The van der Waals surface area contributed by atoms with Crippen LogP contribution in [0.5, 0.6) is 23.0 Å². The molecular weight excluding hydrogens is 392 g/mol. The van der Waals surface area contributed by atoms with Crippen molar-refractivity contribution in [3.8, 4) is 23.0 Å². The Balaban J connectivity index is 1.64. The van der Waals surface area contributed by atoms with E-state index in [0.717, 1.165) is 16.9 Å². The van der Waals surface area contributed by atoms with Crippen molar-refractivity contribution in [2.75, 3.05) is 13.2 Å². The Hall–Kier alpha value is -3.73. The molecule has 0 spiro atoms. The molecular formula is C26H26O5. The number of carbonyl (C=O) groups excluding carboxylic acids is 1. The number of carbonyl (C=O) groups is 1. The summed E-state index contributed by atoms with van der Waals surface area (Å²) >= 11 is 0. The fraction of sp³-hybridized carbons (Fsp3) is 0.192. The fourth-order valence-corrected chi connectivity index (χ4v) is 2.95. The van der Waals surface area contributed by atoms with Crippen LogP contribution in [0.15, 0.2) is 72.8 Å². The van der Waals surface area contributed by atoms with Crippen LogP contribution in [-0.4, -0.2) is 24.1 Å². The summed E-state index contributed by atoms with van der Waals surface area (Å²) < 4.78 is 17.2. The van der Waals surface area contributed by atoms with Gasteiger partial charge in [-0.3, -0.25) is 4.79 Å². The largest absolute Gasteiger partial charge is 0.508 e. The van der Waals surface area contributed by atoms with Gasteiger partial charge in [-0.15, -0.1) is 0 Å². The van der Waals surface area contributed by atoms with Gasteiger partial charge in [0.1, 0.15) is 18.1 Å². The summed E-state index contributed by atoms with van der Waals surface area (Å²) in [4.78, 5) is 12.3. The molecule has 0 heterocycles. The minimum atomic E-state index is -0.135. The van der Waals surface area contributed by atoms with Crippen LogP contribution in [0.25, 0.3) is 6.08 Å². The van der Waals surface area contributed by atoms with E-state index in [4.69, 9.17) is 14.2 Å². The van der Waals surface area contributed by atoms with Crippen LogP contribution in [-0.2, 0) is 6.61 Å². The van der Waals surface area contributed by atoms with E-state index < -0.39 is 0 Å². The first-order valence-electron chi connectivity index (χ1n) is 10.2. The van der Waals surface area contributed by atoms with Crippen molar-refractivity contribution in [2.24, 2.45) is 0 Å². The molecule has 3 aromatic carbocycles. The van der Waals surface area contributed by atoms with Crippen LogP contribution < -0.4 is 14.2 Å². The van der Waals surface area contributed by atoms with Gasteiger partial charge in [0.25, 0.3) is 0 Å². The molecule has 0 aliphatic rings. The Labute approximate surface area is 182 Å². The summed E-state index contributed by atoms with van der Waals surface area (Å²) in [5.74, 6) is 2.12. The van der Waals surface area contributed by atoms with Crippen LogP contribution >= 0.6 is 0 Å². The molecule has 0 aliphatic heterocycles. The summed E-state index contributed by atoms with van der Waals surface area (Å²) in [6, 6.07) is 19.5. The zero-order valence-corrected chi connectivity index (χ0v) is 17.7. The second kappa shape index (κ2) is 10.9. The van der Waals surface area contributed by atoms with E-state index in [9.17, 15) is 9.90 Å². The summed E-state index contributed by atoms with van der Waals surface area (Å²) in [5.41, 5.74) is 2.34. The van der Waals surface area contributed by atoms with Crippen molar-refractivity contribution in [3.05, 3.63) is 89.5 Å². The van der Waals surface area contributed by atoms with E-state index in [1.54, 1.807) is 18.2 Å². The van der Waals surface area contributed by atoms with Crippen molar-refractivity contribution >= 4 is 11.9 Å². The minimum Gasteiger partial charge on any atom is -0.508 e. The lowest BCUT2D eigenvalue weighted by atomic mass is 10.1. The lowest BCUT2D eigenvalue weighted by molar-refractivity contribution is 0.104. The Morgan fingerprint density at radius 3 is 2.35 bits per heavy atom. The molecule has 0 bridgehead atoms. The first kappa shape index (κ1) is 22.0. The lowest BCUT2D eigenvalue weighted by Crippen LogP contribution is -2.01. The first-order valence-corrected chi connectivity index (χ1v) is 10.2. The van der Waals surface area contributed by atoms with Gasteiger partial charge >= 0.3 is 0 Å². The minimum absolute atomic E-state index is 0.131. The average molecular weight is 418 g/mol. The fourth-order valence-electron chi connectivity index (χ4n) is 2.95.